The molecule has 27 heavy (non-hydrogen) atoms. The van der Waals surface area contributed by atoms with Crippen LogP contribution >= 0.6 is 0 Å². The van der Waals surface area contributed by atoms with E-state index < -0.39 is 17.5 Å². The number of hydrogen-bond acceptors (Lipinski definition) is 7. The number of nitriles is 1. The number of aliphatic imine (C=N–C) groups is 1. The second kappa shape index (κ2) is 9.53. The number of nitrogens with one attached hydrogen (secondary N) is 1. The number of para-hydroxylation sites is 2. The molecule has 0 aliphatic heterocycles. The van der Waals surface area contributed by atoms with Gasteiger partial charge in [0.1, 0.15) is 6.07 Å². The minimum absolute atomic E-state index is 0.313. The zero-order valence-electron chi connectivity index (χ0n) is 14.8. The van der Waals surface area contributed by atoms with Crippen molar-refractivity contribution in [2.75, 3.05) is 19.5 Å². The van der Waals surface area contributed by atoms with Gasteiger partial charge in [0.15, 0.2) is 11.3 Å². The molecule has 7 nitrogen and oxygen atoms in total. The average Bonchev–Trinajstić information content (AvgIpc) is 2.72. The Labute approximate surface area is 156 Å². The number of benzene rings is 2. The largest absolute Gasteiger partial charge is 0.465 e. The fraction of sp³-hybridized carbons (Fsp3) is 0.100. The van der Waals surface area contributed by atoms with Gasteiger partial charge in [-0.15, -0.1) is 0 Å². The van der Waals surface area contributed by atoms with Crippen molar-refractivity contribution in [3.05, 3.63) is 71.4 Å². The molecule has 0 aliphatic carbocycles. The van der Waals surface area contributed by atoms with Gasteiger partial charge in [0.05, 0.1) is 19.9 Å². The van der Waals surface area contributed by atoms with Crippen LogP contribution in [0, 0.1) is 11.3 Å². The van der Waals surface area contributed by atoms with E-state index in [1.54, 1.807) is 36.5 Å². The number of rotatable bonds is 6. The van der Waals surface area contributed by atoms with E-state index >= 15 is 0 Å². The molecule has 0 heterocycles. The maximum Gasteiger partial charge on any atom is 0.356 e. The third-order valence-electron chi connectivity index (χ3n) is 3.47. The number of carbonyl (C=O) groups is 2. The Kier molecular flexibility index (Phi) is 6.85. The van der Waals surface area contributed by atoms with E-state index in [1.165, 1.54) is 0 Å². The highest BCUT2D eigenvalue weighted by Gasteiger charge is 2.23. The van der Waals surface area contributed by atoms with Crippen LogP contribution in [0.3, 0.4) is 0 Å². The summed E-state index contributed by atoms with van der Waals surface area (Å²) in [6.45, 7) is 0. The first-order valence-corrected chi connectivity index (χ1v) is 7.87. The zero-order valence-corrected chi connectivity index (χ0v) is 14.8. The Hall–Kier alpha value is -3.92. The number of hydrogen-bond donors (Lipinski definition) is 1. The molecule has 2 aromatic carbocycles. The van der Waals surface area contributed by atoms with E-state index in [0.29, 0.717) is 11.3 Å². The van der Waals surface area contributed by atoms with E-state index in [-0.39, 0.29) is 5.70 Å². The normalized spacial score (nSPS) is 11.3. The van der Waals surface area contributed by atoms with Gasteiger partial charge in [-0.2, -0.15) is 5.26 Å². The summed E-state index contributed by atoms with van der Waals surface area (Å²) >= 11 is 0. The molecule has 0 bridgehead atoms. The van der Waals surface area contributed by atoms with E-state index in [9.17, 15) is 14.9 Å². The molecule has 0 amide bonds. The SMILES string of the molecule is COC(=O)/C(C#N)=C(\Nc1ccccc1C=Nc1ccccc1)C(=O)OC. The van der Waals surface area contributed by atoms with Gasteiger partial charge in [-0.1, -0.05) is 36.4 Å². The molecule has 2 aromatic rings. The monoisotopic (exact) mass is 363 g/mol. The lowest BCUT2D eigenvalue weighted by Gasteiger charge is -2.12. The Morgan fingerprint density at radius 3 is 2.26 bits per heavy atom. The van der Waals surface area contributed by atoms with Gasteiger partial charge in [-0.3, -0.25) is 4.99 Å². The minimum atomic E-state index is -0.944. The second-order valence-corrected chi connectivity index (χ2v) is 5.15. The van der Waals surface area contributed by atoms with Crippen LogP contribution in [0.5, 0.6) is 0 Å². The Balaban J connectivity index is 2.44. The number of esters is 2. The summed E-state index contributed by atoms with van der Waals surface area (Å²) < 4.78 is 9.24. The fourth-order valence-corrected chi connectivity index (χ4v) is 2.14. The smallest absolute Gasteiger partial charge is 0.356 e. The standard InChI is InChI=1S/C20H17N3O4/c1-26-19(24)16(12-21)18(20(25)27-2)23-17-11-7-6-8-14(17)13-22-15-9-4-3-5-10-15/h3-11,13,23H,1-2H3/b18-16-,22-13?. The number of anilines is 1. The van der Waals surface area contributed by atoms with Crippen molar-refractivity contribution in [2.24, 2.45) is 4.99 Å². The first-order chi connectivity index (χ1) is 13.1. The molecular weight excluding hydrogens is 346 g/mol. The summed E-state index contributed by atoms with van der Waals surface area (Å²) in [4.78, 5) is 28.3. The highest BCUT2D eigenvalue weighted by molar-refractivity contribution is 6.05. The van der Waals surface area contributed by atoms with Crippen molar-refractivity contribution in [1.82, 2.24) is 0 Å². The maximum absolute atomic E-state index is 12.1. The lowest BCUT2D eigenvalue weighted by molar-refractivity contribution is -0.138. The number of ether oxygens (including phenoxy) is 2. The van der Waals surface area contributed by atoms with E-state index in [0.717, 1.165) is 19.9 Å². The highest BCUT2D eigenvalue weighted by Crippen LogP contribution is 2.19. The lowest BCUT2D eigenvalue weighted by atomic mass is 10.1. The predicted octanol–water partition coefficient (Wildman–Crippen LogP) is 2.97. The number of methoxy groups -OCH3 is 2. The van der Waals surface area contributed by atoms with Crippen molar-refractivity contribution in [3.8, 4) is 6.07 Å². The van der Waals surface area contributed by atoms with Crippen LogP contribution in [0.25, 0.3) is 0 Å². The van der Waals surface area contributed by atoms with Crippen LogP contribution in [-0.2, 0) is 19.1 Å². The topological polar surface area (TPSA) is 101 Å². The van der Waals surface area contributed by atoms with Gasteiger partial charge < -0.3 is 14.8 Å². The van der Waals surface area contributed by atoms with E-state index in [4.69, 9.17) is 0 Å². The number of nitrogens with zero attached hydrogens (tertiary/aromatic N) is 2. The second-order valence-electron chi connectivity index (χ2n) is 5.15. The molecule has 0 aromatic heterocycles. The summed E-state index contributed by atoms with van der Waals surface area (Å²) in [6, 6.07) is 18.0. The van der Waals surface area contributed by atoms with Crippen molar-refractivity contribution in [1.29, 1.82) is 5.26 Å². The van der Waals surface area contributed by atoms with Crippen molar-refractivity contribution in [3.63, 3.8) is 0 Å². The van der Waals surface area contributed by atoms with E-state index in [2.05, 4.69) is 19.8 Å². The summed E-state index contributed by atoms with van der Waals surface area (Å²) in [5.74, 6) is -1.81. The molecule has 1 N–H and O–H groups in total. The van der Waals surface area contributed by atoms with Gasteiger partial charge in [0.2, 0.25) is 0 Å². The van der Waals surface area contributed by atoms with Crippen LogP contribution < -0.4 is 5.32 Å². The lowest BCUT2D eigenvalue weighted by Crippen LogP contribution is -2.20. The first-order valence-electron chi connectivity index (χ1n) is 7.87. The van der Waals surface area contributed by atoms with Crippen LogP contribution in [-0.4, -0.2) is 32.4 Å². The summed E-state index contributed by atoms with van der Waals surface area (Å²) in [5, 5.41) is 12.1. The fourth-order valence-electron chi connectivity index (χ4n) is 2.14. The Morgan fingerprint density at radius 2 is 1.63 bits per heavy atom. The van der Waals surface area contributed by atoms with Gasteiger partial charge >= 0.3 is 11.9 Å². The molecule has 7 heteroatoms. The first kappa shape index (κ1) is 19.4. The molecule has 0 spiro atoms. The maximum atomic E-state index is 12.1. The summed E-state index contributed by atoms with van der Waals surface area (Å²) in [5.41, 5.74) is 1.06. The van der Waals surface area contributed by atoms with Crippen molar-refractivity contribution in [2.45, 2.75) is 0 Å². The Morgan fingerprint density at radius 1 is 1.00 bits per heavy atom. The molecule has 136 valence electrons. The van der Waals surface area contributed by atoms with Crippen LogP contribution in [0.15, 0.2) is 70.9 Å². The third-order valence-corrected chi connectivity index (χ3v) is 3.47. The molecule has 0 saturated heterocycles. The predicted molar refractivity (Wildman–Crippen MR) is 100 cm³/mol. The van der Waals surface area contributed by atoms with Gasteiger partial charge in [-0.25, -0.2) is 9.59 Å². The van der Waals surface area contributed by atoms with Crippen LogP contribution in [0.4, 0.5) is 11.4 Å². The molecule has 0 unspecified atom stereocenters. The van der Waals surface area contributed by atoms with Gasteiger partial charge in [-0.05, 0) is 18.2 Å². The van der Waals surface area contributed by atoms with Gasteiger partial charge in [0.25, 0.3) is 0 Å². The molecule has 0 radical (unpaired) electrons. The third kappa shape index (κ3) is 5.03. The summed E-state index contributed by atoms with van der Waals surface area (Å²) in [7, 11) is 2.27. The number of carbonyl (C=O) groups excluding carboxylic acids is 2. The van der Waals surface area contributed by atoms with Crippen molar-refractivity contribution < 1.29 is 19.1 Å². The molecule has 2 rings (SSSR count). The summed E-state index contributed by atoms with van der Waals surface area (Å²) in [6.07, 6.45) is 1.61. The van der Waals surface area contributed by atoms with Crippen LogP contribution in [0.1, 0.15) is 5.56 Å². The molecule has 0 saturated carbocycles. The molecule has 0 atom stereocenters. The van der Waals surface area contributed by atoms with E-state index in [1.807, 2.05) is 30.3 Å². The molecular formula is C20H17N3O4. The van der Waals surface area contributed by atoms with Crippen molar-refractivity contribution >= 4 is 29.5 Å². The zero-order chi connectivity index (χ0) is 19.6. The highest BCUT2D eigenvalue weighted by atomic mass is 16.5. The van der Waals surface area contributed by atoms with Crippen LogP contribution in [0.2, 0.25) is 0 Å². The Bertz CT molecular complexity index is 928. The van der Waals surface area contributed by atoms with Gasteiger partial charge in [0, 0.05) is 17.5 Å². The quantitative estimate of drug-likeness (QED) is 0.366. The minimum Gasteiger partial charge on any atom is -0.465 e. The average molecular weight is 363 g/mol. The molecule has 0 fully saturated rings. The molecule has 0 aliphatic rings.